The minimum absolute atomic E-state index is 0.180. The fourth-order valence-electron chi connectivity index (χ4n) is 0.791. The van der Waals surface area contributed by atoms with Gasteiger partial charge in [-0.3, -0.25) is 0 Å². The van der Waals surface area contributed by atoms with Crippen molar-refractivity contribution in [2.75, 3.05) is 26.4 Å². The van der Waals surface area contributed by atoms with E-state index in [4.69, 9.17) is 9.84 Å². The molecule has 0 heterocycles. The van der Waals surface area contributed by atoms with E-state index in [0.717, 1.165) is 26.2 Å². The number of aliphatic hydroxyl groups is 1. The summed E-state index contributed by atoms with van der Waals surface area (Å²) in [4.78, 5) is 0. The van der Waals surface area contributed by atoms with Crippen molar-refractivity contribution in [3.63, 3.8) is 0 Å². The number of nitrogens with one attached hydrogen (secondary N) is 1. The van der Waals surface area contributed by atoms with Crippen LogP contribution in [0.4, 0.5) is 0 Å². The van der Waals surface area contributed by atoms with Crippen molar-refractivity contribution in [1.29, 1.82) is 0 Å². The highest BCUT2D eigenvalue weighted by Crippen LogP contribution is 1.86. The lowest BCUT2D eigenvalue weighted by Gasteiger charge is -2.10. The van der Waals surface area contributed by atoms with Gasteiger partial charge in [0.15, 0.2) is 0 Å². The number of hydrogen-bond acceptors (Lipinski definition) is 3. The maximum Gasteiger partial charge on any atom is 0.0591 e. The van der Waals surface area contributed by atoms with Crippen LogP contribution >= 0.6 is 0 Å². The first-order chi connectivity index (χ1) is 5.81. The second kappa shape index (κ2) is 8.97. The number of hydrogen-bond donors (Lipinski definition) is 2. The molecule has 0 spiro atoms. The lowest BCUT2D eigenvalue weighted by atomic mass is 10.3. The van der Waals surface area contributed by atoms with E-state index >= 15 is 0 Å². The maximum atomic E-state index is 8.67. The van der Waals surface area contributed by atoms with E-state index in [-0.39, 0.29) is 12.6 Å². The molecule has 0 amide bonds. The van der Waals surface area contributed by atoms with Gasteiger partial charge in [0, 0.05) is 19.2 Å². The second-order valence-corrected chi connectivity index (χ2v) is 3.00. The van der Waals surface area contributed by atoms with Gasteiger partial charge in [0.25, 0.3) is 0 Å². The zero-order chi connectivity index (χ0) is 9.23. The molecule has 1 unspecified atom stereocenters. The first-order valence-electron chi connectivity index (χ1n) is 4.73. The molecule has 0 saturated carbocycles. The molecule has 0 aromatic rings. The fourth-order valence-corrected chi connectivity index (χ4v) is 0.791. The van der Waals surface area contributed by atoms with Crippen LogP contribution in [0.15, 0.2) is 0 Å². The van der Waals surface area contributed by atoms with Crippen molar-refractivity contribution in [1.82, 2.24) is 5.32 Å². The summed E-state index contributed by atoms with van der Waals surface area (Å²) in [6, 6.07) is 0.180. The van der Waals surface area contributed by atoms with Crippen LogP contribution in [-0.4, -0.2) is 37.5 Å². The second-order valence-electron chi connectivity index (χ2n) is 3.00. The molecule has 0 radical (unpaired) electrons. The van der Waals surface area contributed by atoms with E-state index in [0.29, 0.717) is 0 Å². The van der Waals surface area contributed by atoms with Gasteiger partial charge in [-0.2, -0.15) is 0 Å². The third-order valence-corrected chi connectivity index (χ3v) is 1.66. The van der Waals surface area contributed by atoms with E-state index in [2.05, 4.69) is 12.2 Å². The molecule has 0 aliphatic heterocycles. The molecule has 12 heavy (non-hydrogen) atoms. The monoisotopic (exact) mass is 175 g/mol. The fraction of sp³-hybridized carbons (Fsp3) is 1.00. The molecular weight excluding hydrogens is 154 g/mol. The molecule has 0 bridgehead atoms. The van der Waals surface area contributed by atoms with Crippen LogP contribution in [0.1, 0.15) is 26.7 Å². The van der Waals surface area contributed by atoms with Crippen molar-refractivity contribution >= 4 is 0 Å². The van der Waals surface area contributed by atoms with Crippen LogP contribution in [0.25, 0.3) is 0 Å². The van der Waals surface area contributed by atoms with Crippen LogP contribution in [0.2, 0.25) is 0 Å². The Bertz CT molecular complexity index is 88.6. The minimum atomic E-state index is 0.180. The molecular formula is C9H21NO2. The Morgan fingerprint density at radius 3 is 2.75 bits per heavy atom. The van der Waals surface area contributed by atoms with Crippen LogP contribution < -0.4 is 5.32 Å². The Hall–Kier alpha value is -0.120. The van der Waals surface area contributed by atoms with Crippen molar-refractivity contribution in [3.8, 4) is 0 Å². The topological polar surface area (TPSA) is 41.5 Å². The van der Waals surface area contributed by atoms with Gasteiger partial charge >= 0.3 is 0 Å². The first-order valence-corrected chi connectivity index (χ1v) is 4.73. The molecule has 3 nitrogen and oxygen atoms in total. The number of unbranched alkanes of at least 4 members (excludes halogenated alkanes) is 1. The standard InChI is InChI=1S/C9H21NO2/c1-3-4-6-12-7-5-10-9(2)8-11/h9-11H,3-8H2,1-2H3. The predicted molar refractivity (Wildman–Crippen MR) is 50.3 cm³/mol. The Balaban J connectivity index is 2.90. The Morgan fingerprint density at radius 1 is 1.42 bits per heavy atom. The molecule has 74 valence electrons. The van der Waals surface area contributed by atoms with Gasteiger partial charge in [0.05, 0.1) is 13.2 Å². The van der Waals surface area contributed by atoms with Crippen LogP contribution in [-0.2, 0) is 4.74 Å². The summed E-state index contributed by atoms with van der Waals surface area (Å²) in [5, 5.41) is 11.8. The minimum Gasteiger partial charge on any atom is -0.395 e. The molecule has 0 saturated heterocycles. The third-order valence-electron chi connectivity index (χ3n) is 1.66. The molecule has 0 fully saturated rings. The Labute approximate surface area is 75.1 Å². The smallest absolute Gasteiger partial charge is 0.0591 e. The zero-order valence-electron chi connectivity index (χ0n) is 8.18. The lowest BCUT2D eigenvalue weighted by Crippen LogP contribution is -2.32. The molecule has 0 aliphatic rings. The van der Waals surface area contributed by atoms with E-state index in [1.807, 2.05) is 6.92 Å². The summed E-state index contributed by atoms with van der Waals surface area (Å²) in [5.41, 5.74) is 0. The van der Waals surface area contributed by atoms with Gasteiger partial charge in [-0.05, 0) is 13.3 Å². The van der Waals surface area contributed by atoms with Gasteiger partial charge < -0.3 is 15.2 Å². The molecule has 2 N–H and O–H groups in total. The molecule has 0 aromatic carbocycles. The largest absolute Gasteiger partial charge is 0.395 e. The van der Waals surface area contributed by atoms with E-state index in [9.17, 15) is 0 Å². The molecule has 0 aliphatic carbocycles. The highest BCUT2D eigenvalue weighted by molar-refractivity contribution is 4.56. The third kappa shape index (κ3) is 7.98. The van der Waals surface area contributed by atoms with Crippen LogP contribution in [0.3, 0.4) is 0 Å². The number of ether oxygens (including phenoxy) is 1. The molecule has 1 atom stereocenters. The van der Waals surface area contributed by atoms with Crippen molar-refractivity contribution < 1.29 is 9.84 Å². The SMILES string of the molecule is CCCCOCCNC(C)CO. The quantitative estimate of drug-likeness (QED) is 0.535. The van der Waals surface area contributed by atoms with Gasteiger partial charge in [0.1, 0.15) is 0 Å². The number of aliphatic hydroxyl groups excluding tert-OH is 1. The summed E-state index contributed by atoms with van der Waals surface area (Å²) >= 11 is 0. The zero-order valence-corrected chi connectivity index (χ0v) is 8.18. The molecule has 3 heteroatoms. The van der Waals surface area contributed by atoms with Crippen LogP contribution in [0.5, 0.6) is 0 Å². The normalized spacial score (nSPS) is 13.2. The Kier molecular flexibility index (Phi) is 8.88. The van der Waals surface area contributed by atoms with Gasteiger partial charge in [-0.15, -0.1) is 0 Å². The average Bonchev–Trinajstić information content (AvgIpc) is 2.10. The van der Waals surface area contributed by atoms with Gasteiger partial charge in [-0.1, -0.05) is 13.3 Å². The lowest BCUT2D eigenvalue weighted by molar-refractivity contribution is 0.128. The first kappa shape index (κ1) is 11.9. The summed E-state index contributed by atoms with van der Waals surface area (Å²) in [6.07, 6.45) is 2.32. The van der Waals surface area contributed by atoms with E-state index in [1.165, 1.54) is 6.42 Å². The van der Waals surface area contributed by atoms with Gasteiger partial charge in [0.2, 0.25) is 0 Å². The average molecular weight is 175 g/mol. The molecule has 0 aromatic heterocycles. The highest BCUT2D eigenvalue weighted by atomic mass is 16.5. The molecule has 0 rings (SSSR count). The Morgan fingerprint density at radius 2 is 2.17 bits per heavy atom. The van der Waals surface area contributed by atoms with Crippen molar-refractivity contribution in [2.45, 2.75) is 32.7 Å². The van der Waals surface area contributed by atoms with Crippen molar-refractivity contribution in [3.05, 3.63) is 0 Å². The summed E-state index contributed by atoms with van der Waals surface area (Å²) < 4.78 is 5.32. The predicted octanol–water partition coefficient (Wildman–Crippen LogP) is 0.774. The number of rotatable bonds is 8. The highest BCUT2D eigenvalue weighted by Gasteiger charge is 1.96. The van der Waals surface area contributed by atoms with E-state index < -0.39 is 0 Å². The van der Waals surface area contributed by atoms with Crippen LogP contribution in [0, 0.1) is 0 Å². The van der Waals surface area contributed by atoms with Gasteiger partial charge in [-0.25, -0.2) is 0 Å². The summed E-state index contributed by atoms with van der Waals surface area (Å²) in [5.74, 6) is 0. The van der Waals surface area contributed by atoms with E-state index in [1.54, 1.807) is 0 Å². The summed E-state index contributed by atoms with van der Waals surface area (Å²) in [6.45, 7) is 6.71. The maximum absolute atomic E-state index is 8.67. The summed E-state index contributed by atoms with van der Waals surface area (Å²) in [7, 11) is 0. The van der Waals surface area contributed by atoms with Crippen molar-refractivity contribution in [2.24, 2.45) is 0 Å².